The zero-order valence-corrected chi connectivity index (χ0v) is 13.6. The van der Waals surface area contributed by atoms with Crippen molar-refractivity contribution in [1.29, 1.82) is 0 Å². The van der Waals surface area contributed by atoms with Crippen LogP contribution >= 0.6 is 0 Å². The van der Waals surface area contributed by atoms with Gasteiger partial charge in [0.1, 0.15) is 0 Å². The smallest absolute Gasteiger partial charge is 0.158 e. The van der Waals surface area contributed by atoms with Crippen LogP contribution in [0.2, 0.25) is 0 Å². The lowest BCUT2D eigenvalue weighted by Gasteiger charge is -2.37. The molecule has 0 atom stereocenters. The fraction of sp³-hybridized carbons (Fsp3) is 1.00. The van der Waals surface area contributed by atoms with Crippen LogP contribution in [-0.4, -0.2) is 79.3 Å². The Balaban J connectivity index is 2.21. The summed E-state index contributed by atoms with van der Waals surface area (Å²) in [7, 11) is 0. The highest BCUT2D eigenvalue weighted by atomic mass is 16.7. The monoisotopic (exact) mass is 288 g/mol. The molecule has 0 aliphatic carbocycles. The van der Waals surface area contributed by atoms with E-state index >= 15 is 0 Å². The van der Waals surface area contributed by atoms with E-state index in [-0.39, 0.29) is 6.29 Å². The van der Waals surface area contributed by atoms with Gasteiger partial charge in [-0.2, -0.15) is 0 Å². The minimum Gasteiger partial charge on any atom is -0.389 e. The van der Waals surface area contributed by atoms with Crippen LogP contribution in [0.4, 0.5) is 0 Å². The highest BCUT2D eigenvalue weighted by molar-refractivity contribution is 4.78. The Labute approximate surface area is 123 Å². The largest absolute Gasteiger partial charge is 0.389 e. The fourth-order valence-corrected chi connectivity index (χ4v) is 2.59. The molecule has 1 aliphatic heterocycles. The van der Waals surface area contributed by atoms with Crippen molar-refractivity contribution in [2.75, 3.05) is 52.5 Å². The van der Waals surface area contributed by atoms with Crippen LogP contribution < -0.4 is 0 Å². The van der Waals surface area contributed by atoms with E-state index in [1.165, 1.54) is 0 Å². The van der Waals surface area contributed by atoms with Crippen LogP contribution in [-0.2, 0) is 9.47 Å². The summed E-state index contributed by atoms with van der Waals surface area (Å²) in [5, 5.41) is 9.84. The van der Waals surface area contributed by atoms with Gasteiger partial charge in [-0.3, -0.25) is 4.90 Å². The Morgan fingerprint density at radius 3 is 1.95 bits per heavy atom. The molecule has 1 fully saturated rings. The number of piperazine rings is 1. The SMILES string of the molecule is CCOC(CCN1CCN(CC(C)(C)O)CC1)OCC. The van der Waals surface area contributed by atoms with Gasteiger partial charge in [0.15, 0.2) is 6.29 Å². The summed E-state index contributed by atoms with van der Waals surface area (Å²) in [6.45, 7) is 15.1. The molecule has 120 valence electrons. The molecule has 1 heterocycles. The van der Waals surface area contributed by atoms with Gasteiger partial charge in [0.25, 0.3) is 0 Å². The first-order valence-corrected chi connectivity index (χ1v) is 7.85. The molecule has 5 nitrogen and oxygen atoms in total. The third-order valence-corrected chi connectivity index (χ3v) is 3.46. The van der Waals surface area contributed by atoms with E-state index in [1.807, 2.05) is 27.7 Å². The third-order valence-electron chi connectivity index (χ3n) is 3.46. The molecule has 20 heavy (non-hydrogen) atoms. The van der Waals surface area contributed by atoms with Crippen molar-refractivity contribution in [2.45, 2.75) is 46.0 Å². The minimum absolute atomic E-state index is 0.0700. The average molecular weight is 288 g/mol. The predicted molar refractivity (Wildman–Crippen MR) is 80.8 cm³/mol. The van der Waals surface area contributed by atoms with Crippen molar-refractivity contribution in [2.24, 2.45) is 0 Å². The van der Waals surface area contributed by atoms with Crippen molar-refractivity contribution in [1.82, 2.24) is 9.80 Å². The molecule has 0 saturated carbocycles. The molecule has 0 spiro atoms. The normalized spacial score (nSPS) is 18.9. The highest BCUT2D eigenvalue weighted by Crippen LogP contribution is 2.10. The van der Waals surface area contributed by atoms with Crippen molar-refractivity contribution < 1.29 is 14.6 Å². The number of rotatable bonds is 9. The molecule has 0 amide bonds. The fourth-order valence-electron chi connectivity index (χ4n) is 2.59. The summed E-state index contributed by atoms with van der Waals surface area (Å²) in [6.07, 6.45) is 0.854. The second-order valence-corrected chi connectivity index (χ2v) is 6.06. The maximum absolute atomic E-state index is 9.84. The molecular weight excluding hydrogens is 256 g/mol. The lowest BCUT2D eigenvalue weighted by atomic mass is 10.1. The first-order chi connectivity index (χ1) is 9.44. The van der Waals surface area contributed by atoms with Crippen LogP contribution in [0.15, 0.2) is 0 Å². The van der Waals surface area contributed by atoms with Gasteiger partial charge in [0, 0.05) is 58.9 Å². The molecule has 0 unspecified atom stereocenters. The maximum atomic E-state index is 9.84. The lowest BCUT2D eigenvalue weighted by molar-refractivity contribution is -0.142. The topological polar surface area (TPSA) is 45.2 Å². The molecule has 1 aliphatic rings. The highest BCUT2D eigenvalue weighted by Gasteiger charge is 2.23. The van der Waals surface area contributed by atoms with Gasteiger partial charge >= 0.3 is 0 Å². The van der Waals surface area contributed by atoms with Crippen LogP contribution in [0.1, 0.15) is 34.1 Å². The summed E-state index contributed by atoms with van der Waals surface area (Å²) in [5.74, 6) is 0. The number of hydrogen-bond donors (Lipinski definition) is 1. The van der Waals surface area contributed by atoms with Gasteiger partial charge in [0.2, 0.25) is 0 Å². The molecule has 1 rings (SSSR count). The molecule has 0 aromatic rings. The standard InChI is InChI=1S/C15H32N2O3/c1-5-19-14(20-6-2)7-8-16-9-11-17(12-10-16)13-15(3,4)18/h14,18H,5-13H2,1-4H3. The molecular formula is C15H32N2O3. The van der Waals surface area contributed by atoms with Crippen LogP contribution in [0, 0.1) is 0 Å². The zero-order chi connectivity index (χ0) is 15.0. The number of ether oxygens (including phenoxy) is 2. The molecule has 1 saturated heterocycles. The second kappa shape index (κ2) is 8.95. The number of β-amino-alcohol motifs (C(OH)–C–C–N with tert-alkyl or cyclic N) is 1. The van der Waals surface area contributed by atoms with Crippen LogP contribution in [0.3, 0.4) is 0 Å². The Hall–Kier alpha value is -0.200. The number of nitrogens with zero attached hydrogens (tertiary/aromatic N) is 2. The van der Waals surface area contributed by atoms with E-state index in [1.54, 1.807) is 0 Å². The second-order valence-electron chi connectivity index (χ2n) is 6.06. The van der Waals surface area contributed by atoms with Crippen LogP contribution in [0.5, 0.6) is 0 Å². The summed E-state index contributed by atoms with van der Waals surface area (Å²) < 4.78 is 11.1. The summed E-state index contributed by atoms with van der Waals surface area (Å²) in [5.41, 5.74) is -0.600. The lowest BCUT2D eigenvalue weighted by Crippen LogP contribution is -2.50. The van der Waals surface area contributed by atoms with E-state index in [0.717, 1.165) is 45.7 Å². The van der Waals surface area contributed by atoms with E-state index in [2.05, 4.69) is 9.80 Å². The zero-order valence-electron chi connectivity index (χ0n) is 13.6. The van der Waals surface area contributed by atoms with Gasteiger partial charge < -0.3 is 19.5 Å². The van der Waals surface area contributed by atoms with Gasteiger partial charge in [-0.05, 0) is 27.7 Å². The Morgan fingerprint density at radius 2 is 1.50 bits per heavy atom. The van der Waals surface area contributed by atoms with Gasteiger partial charge in [-0.25, -0.2) is 0 Å². The van der Waals surface area contributed by atoms with Crippen molar-refractivity contribution >= 4 is 0 Å². The van der Waals surface area contributed by atoms with E-state index in [4.69, 9.17) is 9.47 Å². The van der Waals surface area contributed by atoms with E-state index in [9.17, 15) is 5.11 Å². The molecule has 5 heteroatoms. The van der Waals surface area contributed by atoms with E-state index in [0.29, 0.717) is 13.2 Å². The average Bonchev–Trinajstić information content (AvgIpc) is 2.36. The Kier molecular flexibility index (Phi) is 7.99. The Morgan fingerprint density at radius 1 is 1.00 bits per heavy atom. The maximum Gasteiger partial charge on any atom is 0.158 e. The van der Waals surface area contributed by atoms with Gasteiger partial charge in [-0.1, -0.05) is 0 Å². The predicted octanol–water partition coefficient (Wildman–Crippen LogP) is 1.16. The molecule has 0 aromatic heterocycles. The first-order valence-electron chi connectivity index (χ1n) is 7.85. The Bertz CT molecular complexity index is 242. The summed E-state index contributed by atoms with van der Waals surface area (Å²) >= 11 is 0. The summed E-state index contributed by atoms with van der Waals surface area (Å²) in [4.78, 5) is 4.78. The molecule has 0 bridgehead atoms. The third kappa shape index (κ3) is 7.55. The number of hydrogen-bond acceptors (Lipinski definition) is 5. The first kappa shape index (κ1) is 17.9. The number of aliphatic hydroxyl groups is 1. The van der Waals surface area contributed by atoms with Crippen LogP contribution in [0.25, 0.3) is 0 Å². The van der Waals surface area contributed by atoms with Gasteiger partial charge in [0.05, 0.1) is 5.60 Å². The van der Waals surface area contributed by atoms with Crippen molar-refractivity contribution in [3.05, 3.63) is 0 Å². The van der Waals surface area contributed by atoms with Crippen molar-refractivity contribution in [3.63, 3.8) is 0 Å². The molecule has 0 radical (unpaired) electrons. The molecule has 0 aromatic carbocycles. The summed E-state index contributed by atoms with van der Waals surface area (Å²) in [6, 6.07) is 0. The van der Waals surface area contributed by atoms with Gasteiger partial charge in [-0.15, -0.1) is 0 Å². The quantitative estimate of drug-likeness (QED) is 0.645. The van der Waals surface area contributed by atoms with E-state index < -0.39 is 5.60 Å². The minimum atomic E-state index is -0.600. The molecule has 1 N–H and O–H groups in total. The van der Waals surface area contributed by atoms with Crippen molar-refractivity contribution in [3.8, 4) is 0 Å².